The van der Waals surface area contributed by atoms with E-state index in [0.29, 0.717) is 5.95 Å². The Kier molecular flexibility index (Phi) is 7.48. The SMILES string of the molecule is CC1(C)c2ccccc2-c2c(N(c3ccc(-c4cccc5c4c4ccccc4n5-c4ccccc4)cc3)c3nc(-c4ccccc4)c4ccccc4n3)cccc21. The Balaban J connectivity index is 1.14. The zero-order valence-corrected chi connectivity index (χ0v) is 31.8. The van der Waals surface area contributed by atoms with Gasteiger partial charge in [0, 0.05) is 44.1 Å². The second kappa shape index (κ2) is 12.9. The molecule has 11 rings (SSSR count). The fraction of sp³-hybridized carbons (Fsp3) is 0.0566. The van der Waals surface area contributed by atoms with Crippen LogP contribution in [0.5, 0.6) is 0 Å². The van der Waals surface area contributed by atoms with Crippen LogP contribution in [0.2, 0.25) is 0 Å². The molecule has 0 fully saturated rings. The number of hydrogen-bond acceptors (Lipinski definition) is 3. The highest BCUT2D eigenvalue weighted by atomic mass is 15.3. The lowest BCUT2D eigenvalue weighted by Gasteiger charge is -2.28. The monoisotopic (exact) mass is 730 g/mol. The first kappa shape index (κ1) is 33.1. The Morgan fingerprint density at radius 2 is 1.11 bits per heavy atom. The molecule has 270 valence electrons. The molecule has 0 atom stereocenters. The molecule has 0 radical (unpaired) electrons. The van der Waals surface area contributed by atoms with Gasteiger partial charge in [0.25, 0.3) is 0 Å². The topological polar surface area (TPSA) is 34.0 Å². The van der Waals surface area contributed by atoms with Gasteiger partial charge in [-0.15, -0.1) is 0 Å². The van der Waals surface area contributed by atoms with Gasteiger partial charge in [-0.1, -0.05) is 159 Å². The molecule has 1 aliphatic rings. The third-order valence-electron chi connectivity index (χ3n) is 11.8. The summed E-state index contributed by atoms with van der Waals surface area (Å²) in [6.45, 7) is 4.66. The number of benzene rings is 8. The molecule has 0 saturated heterocycles. The zero-order chi connectivity index (χ0) is 38.1. The second-order valence-corrected chi connectivity index (χ2v) is 15.4. The predicted molar refractivity (Wildman–Crippen MR) is 237 cm³/mol. The maximum Gasteiger partial charge on any atom is 0.235 e. The van der Waals surface area contributed by atoms with Crippen LogP contribution >= 0.6 is 0 Å². The summed E-state index contributed by atoms with van der Waals surface area (Å²) in [4.78, 5) is 13.0. The standard InChI is InChI=1S/C53H38N4/c1-53(2)43-25-12-9-21-40(43)50-44(53)26-16-30-48(50)57(52-54-45-27-13-10-22-41(45)51(55-52)36-17-5-3-6-18-36)38-33-31-35(32-34-38)39-24-15-29-47-49(39)42-23-11-14-28-46(42)56(47)37-19-7-4-8-20-37/h3-34H,1-2H3. The van der Waals surface area contributed by atoms with Gasteiger partial charge in [-0.3, -0.25) is 4.90 Å². The predicted octanol–water partition coefficient (Wildman–Crippen LogP) is 13.8. The first-order chi connectivity index (χ1) is 28.1. The van der Waals surface area contributed by atoms with Gasteiger partial charge in [-0.2, -0.15) is 0 Å². The first-order valence-electron chi connectivity index (χ1n) is 19.6. The van der Waals surface area contributed by atoms with Crippen LogP contribution in [0.25, 0.3) is 71.9 Å². The quantitative estimate of drug-likeness (QED) is 0.171. The smallest absolute Gasteiger partial charge is 0.235 e. The number of fused-ring (bicyclic) bond motifs is 7. The molecule has 1 aliphatic carbocycles. The van der Waals surface area contributed by atoms with Crippen molar-refractivity contribution in [1.29, 1.82) is 0 Å². The fourth-order valence-corrected chi connectivity index (χ4v) is 9.17. The molecule has 0 bridgehead atoms. The van der Waals surface area contributed by atoms with Crippen molar-refractivity contribution >= 4 is 50.0 Å². The van der Waals surface area contributed by atoms with Gasteiger partial charge in [0.2, 0.25) is 5.95 Å². The van der Waals surface area contributed by atoms with E-state index < -0.39 is 0 Å². The van der Waals surface area contributed by atoms with Crippen molar-refractivity contribution in [3.8, 4) is 39.2 Å². The molecule has 4 heteroatoms. The minimum atomic E-state index is -0.158. The van der Waals surface area contributed by atoms with Gasteiger partial charge in [-0.25, -0.2) is 9.97 Å². The average molecular weight is 731 g/mol. The van der Waals surface area contributed by atoms with E-state index in [-0.39, 0.29) is 5.41 Å². The molecule has 0 amide bonds. The van der Waals surface area contributed by atoms with Crippen LogP contribution < -0.4 is 4.90 Å². The van der Waals surface area contributed by atoms with E-state index in [4.69, 9.17) is 9.97 Å². The van der Waals surface area contributed by atoms with Crippen molar-refractivity contribution in [3.63, 3.8) is 0 Å². The Labute approximate surface area is 332 Å². The Morgan fingerprint density at radius 3 is 1.93 bits per heavy atom. The lowest BCUT2D eigenvalue weighted by Crippen LogP contribution is -2.17. The van der Waals surface area contributed by atoms with Crippen LogP contribution in [0.1, 0.15) is 25.0 Å². The first-order valence-corrected chi connectivity index (χ1v) is 19.6. The van der Waals surface area contributed by atoms with E-state index >= 15 is 0 Å². The number of anilines is 3. The zero-order valence-electron chi connectivity index (χ0n) is 31.8. The highest BCUT2D eigenvalue weighted by Crippen LogP contribution is 2.54. The van der Waals surface area contributed by atoms with Crippen LogP contribution in [-0.4, -0.2) is 14.5 Å². The van der Waals surface area contributed by atoms with Gasteiger partial charge in [-0.05, 0) is 76.3 Å². The fourth-order valence-electron chi connectivity index (χ4n) is 9.17. The lowest BCUT2D eigenvalue weighted by molar-refractivity contribution is 0.660. The van der Waals surface area contributed by atoms with Gasteiger partial charge < -0.3 is 4.57 Å². The second-order valence-electron chi connectivity index (χ2n) is 15.4. The lowest BCUT2D eigenvalue weighted by atomic mass is 9.82. The van der Waals surface area contributed by atoms with Crippen molar-refractivity contribution in [2.45, 2.75) is 19.3 Å². The number of nitrogens with zero attached hydrogens (tertiary/aromatic N) is 4. The molecule has 0 N–H and O–H groups in total. The van der Waals surface area contributed by atoms with Crippen LogP contribution in [-0.2, 0) is 5.41 Å². The molecule has 8 aromatic carbocycles. The summed E-state index contributed by atoms with van der Waals surface area (Å²) < 4.78 is 2.38. The Morgan fingerprint density at radius 1 is 0.474 bits per heavy atom. The third-order valence-corrected chi connectivity index (χ3v) is 11.8. The van der Waals surface area contributed by atoms with Gasteiger partial charge in [0.05, 0.1) is 27.9 Å². The van der Waals surface area contributed by atoms with Crippen molar-refractivity contribution in [2.75, 3.05) is 4.90 Å². The molecular formula is C53H38N4. The number of para-hydroxylation sites is 3. The molecule has 0 saturated carbocycles. The Hall–Kier alpha value is -7.30. The molecule has 0 spiro atoms. The maximum atomic E-state index is 5.44. The molecular weight excluding hydrogens is 693 g/mol. The van der Waals surface area contributed by atoms with Gasteiger partial charge in [0.1, 0.15) is 0 Å². The van der Waals surface area contributed by atoms with Crippen molar-refractivity contribution in [3.05, 3.63) is 205 Å². The van der Waals surface area contributed by atoms with Crippen LogP contribution in [0, 0.1) is 0 Å². The molecule has 57 heavy (non-hydrogen) atoms. The van der Waals surface area contributed by atoms with E-state index in [1.54, 1.807) is 0 Å². The molecule has 4 nitrogen and oxygen atoms in total. The molecule has 2 aromatic heterocycles. The number of aromatic nitrogens is 3. The van der Waals surface area contributed by atoms with Crippen molar-refractivity contribution < 1.29 is 0 Å². The van der Waals surface area contributed by atoms with Gasteiger partial charge in [0.15, 0.2) is 0 Å². The van der Waals surface area contributed by atoms with E-state index in [9.17, 15) is 0 Å². The maximum absolute atomic E-state index is 5.44. The Bertz CT molecular complexity index is 3140. The van der Waals surface area contributed by atoms with Gasteiger partial charge >= 0.3 is 0 Å². The molecule has 10 aromatic rings. The van der Waals surface area contributed by atoms with E-state index in [1.807, 2.05) is 6.07 Å². The van der Waals surface area contributed by atoms with E-state index in [0.717, 1.165) is 44.8 Å². The molecule has 0 unspecified atom stereocenters. The highest BCUT2D eigenvalue weighted by Gasteiger charge is 2.38. The average Bonchev–Trinajstić information content (AvgIpc) is 3.73. The third kappa shape index (κ3) is 5.14. The molecule has 0 aliphatic heterocycles. The largest absolute Gasteiger partial charge is 0.309 e. The summed E-state index contributed by atoms with van der Waals surface area (Å²) in [7, 11) is 0. The minimum absolute atomic E-state index is 0.158. The van der Waals surface area contributed by atoms with Crippen molar-refractivity contribution in [1.82, 2.24) is 14.5 Å². The van der Waals surface area contributed by atoms with Crippen molar-refractivity contribution in [2.24, 2.45) is 0 Å². The summed E-state index contributed by atoms with van der Waals surface area (Å²) in [6, 6.07) is 69.3. The normalized spacial score (nSPS) is 12.9. The summed E-state index contributed by atoms with van der Waals surface area (Å²) in [6.07, 6.45) is 0. The number of rotatable bonds is 6. The van der Waals surface area contributed by atoms with Crippen LogP contribution in [0.4, 0.5) is 17.3 Å². The minimum Gasteiger partial charge on any atom is -0.309 e. The molecule has 2 heterocycles. The van der Waals surface area contributed by atoms with E-state index in [1.165, 1.54) is 49.6 Å². The summed E-state index contributed by atoms with van der Waals surface area (Å²) in [5.74, 6) is 0.629. The highest BCUT2D eigenvalue weighted by molar-refractivity contribution is 6.15. The summed E-state index contributed by atoms with van der Waals surface area (Å²) >= 11 is 0. The number of hydrogen-bond donors (Lipinski definition) is 0. The summed E-state index contributed by atoms with van der Waals surface area (Å²) in [5, 5.41) is 3.50. The summed E-state index contributed by atoms with van der Waals surface area (Å²) in [5.41, 5.74) is 15.7. The van der Waals surface area contributed by atoms with E-state index in [2.05, 4.69) is 211 Å². The van der Waals surface area contributed by atoms with Crippen LogP contribution in [0.15, 0.2) is 194 Å². The van der Waals surface area contributed by atoms with Crippen LogP contribution in [0.3, 0.4) is 0 Å².